The van der Waals surface area contributed by atoms with Crippen LogP contribution in [0, 0.1) is 0 Å². The molecule has 0 aliphatic heterocycles. The number of rotatable bonds is 5. The van der Waals surface area contributed by atoms with Gasteiger partial charge in [0.1, 0.15) is 0 Å². The van der Waals surface area contributed by atoms with Crippen LogP contribution in [-0.2, 0) is 5.41 Å². The van der Waals surface area contributed by atoms with Gasteiger partial charge >= 0.3 is 0 Å². The number of fused-ring (bicyclic) bond motifs is 10. The van der Waals surface area contributed by atoms with Gasteiger partial charge in [0.05, 0.1) is 0 Å². The van der Waals surface area contributed by atoms with E-state index in [0.29, 0.717) is 0 Å². The largest absolute Gasteiger partial charge is 0.310 e. The van der Waals surface area contributed by atoms with Gasteiger partial charge in [0.15, 0.2) is 0 Å². The number of anilines is 3. The van der Waals surface area contributed by atoms with Crippen molar-refractivity contribution in [3.8, 4) is 33.4 Å². The van der Waals surface area contributed by atoms with Gasteiger partial charge in [-0.2, -0.15) is 0 Å². The molecule has 0 amide bonds. The fourth-order valence-electron chi connectivity index (χ4n) is 9.35. The molecule has 0 radical (unpaired) electrons. The van der Waals surface area contributed by atoms with E-state index in [1.807, 2.05) is 0 Å². The van der Waals surface area contributed by atoms with Crippen LogP contribution in [-0.4, -0.2) is 0 Å². The van der Waals surface area contributed by atoms with Crippen LogP contribution in [0.4, 0.5) is 17.1 Å². The average Bonchev–Trinajstić information content (AvgIpc) is 3.49. The van der Waals surface area contributed by atoms with Crippen LogP contribution in [0.15, 0.2) is 200 Å². The Balaban J connectivity index is 1.01. The van der Waals surface area contributed by atoms with Gasteiger partial charge in [0.25, 0.3) is 0 Å². The lowest BCUT2D eigenvalue weighted by Crippen LogP contribution is -2.16. The van der Waals surface area contributed by atoms with Crippen molar-refractivity contribution in [2.45, 2.75) is 19.3 Å². The zero-order chi connectivity index (χ0) is 37.4. The molecule has 0 bridgehead atoms. The molecule has 0 heterocycles. The van der Waals surface area contributed by atoms with Crippen molar-refractivity contribution in [2.75, 3.05) is 4.90 Å². The van der Waals surface area contributed by atoms with Crippen molar-refractivity contribution in [3.63, 3.8) is 0 Å². The molecule has 10 aromatic rings. The second-order valence-electron chi connectivity index (χ2n) is 15.7. The fraction of sp³-hybridized carbons (Fsp3) is 0.0545. The predicted octanol–water partition coefficient (Wildman–Crippen LogP) is 15.4. The Morgan fingerprint density at radius 2 is 0.821 bits per heavy atom. The monoisotopic (exact) mass is 713 g/mol. The second-order valence-corrected chi connectivity index (χ2v) is 15.7. The van der Waals surface area contributed by atoms with Crippen LogP contribution in [0.5, 0.6) is 0 Å². The third-order valence-electron chi connectivity index (χ3n) is 12.2. The minimum Gasteiger partial charge on any atom is -0.310 e. The van der Waals surface area contributed by atoms with Crippen LogP contribution in [0.1, 0.15) is 25.0 Å². The SMILES string of the molecule is CC1(C)c2ccccc2-c2ccc(N(c3ccc(-c4ccccc4)cc3)c3ccc(-c4ccc5c(ccc6ccc7ccc8ccccc8c7c65)c4)cc3)cc21. The van der Waals surface area contributed by atoms with Crippen molar-refractivity contribution in [2.24, 2.45) is 0 Å². The van der Waals surface area contributed by atoms with Gasteiger partial charge < -0.3 is 4.90 Å². The standard InChI is InChI=1S/C55H39N/c1-55(2)51-15-9-8-14-49(51)50-33-31-46(35-52(50)55)56(44-27-22-37(23-28-44)36-10-4-3-5-11-36)45-29-24-38(25-30-45)42-26-32-48-43(34-42)21-20-41-19-18-40-17-16-39-12-6-7-13-47(39)53(40)54(41)48/h3-35H,1-2H3. The van der Waals surface area contributed by atoms with E-state index in [-0.39, 0.29) is 5.41 Å². The van der Waals surface area contributed by atoms with Gasteiger partial charge in [-0.3, -0.25) is 0 Å². The molecule has 0 unspecified atom stereocenters. The molecule has 11 rings (SSSR count). The molecule has 0 fully saturated rings. The average molecular weight is 714 g/mol. The van der Waals surface area contributed by atoms with Gasteiger partial charge in [0.2, 0.25) is 0 Å². The molecular formula is C55H39N. The maximum Gasteiger partial charge on any atom is 0.0465 e. The van der Waals surface area contributed by atoms with Crippen molar-refractivity contribution >= 4 is 60.2 Å². The van der Waals surface area contributed by atoms with E-state index in [9.17, 15) is 0 Å². The summed E-state index contributed by atoms with van der Waals surface area (Å²) in [6.07, 6.45) is 0. The Bertz CT molecular complexity index is 3130. The molecule has 0 aromatic heterocycles. The Hall–Kier alpha value is -6.96. The van der Waals surface area contributed by atoms with Crippen molar-refractivity contribution in [1.82, 2.24) is 0 Å². The van der Waals surface area contributed by atoms with Gasteiger partial charge in [-0.05, 0) is 130 Å². The summed E-state index contributed by atoms with van der Waals surface area (Å²) >= 11 is 0. The Kier molecular flexibility index (Phi) is 7.28. The van der Waals surface area contributed by atoms with E-state index in [4.69, 9.17) is 0 Å². The van der Waals surface area contributed by atoms with E-state index in [2.05, 4.69) is 219 Å². The van der Waals surface area contributed by atoms with Crippen LogP contribution < -0.4 is 4.90 Å². The quantitative estimate of drug-likeness (QED) is 0.161. The summed E-state index contributed by atoms with van der Waals surface area (Å²) in [5.74, 6) is 0. The first-order valence-electron chi connectivity index (χ1n) is 19.6. The minimum absolute atomic E-state index is 0.0879. The first kappa shape index (κ1) is 32.5. The highest BCUT2D eigenvalue weighted by Crippen LogP contribution is 2.51. The third kappa shape index (κ3) is 5.08. The molecule has 0 spiro atoms. The lowest BCUT2D eigenvalue weighted by molar-refractivity contribution is 0.660. The number of nitrogens with zero attached hydrogens (tertiary/aromatic N) is 1. The summed E-state index contributed by atoms with van der Waals surface area (Å²) in [6.45, 7) is 4.71. The summed E-state index contributed by atoms with van der Waals surface area (Å²) in [5.41, 5.74) is 13.6. The molecule has 1 aliphatic carbocycles. The summed E-state index contributed by atoms with van der Waals surface area (Å²) < 4.78 is 0. The van der Waals surface area contributed by atoms with Crippen molar-refractivity contribution < 1.29 is 0 Å². The highest BCUT2D eigenvalue weighted by molar-refractivity contribution is 6.27. The maximum absolute atomic E-state index is 2.41. The predicted molar refractivity (Wildman–Crippen MR) is 240 cm³/mol. The first-order chi connectivity index (χ1) is 27.5. The van der Waals surface area contributed by atoms with Gasteiger partial charge in [-0.1, -0.05) is 172 Å². The normalized spacial score (nSPS) is 13.0. The molecule has 10 aromatic carbocycles. The second kappa shape index (κ2) is 12.5. The molecule has 0 saturated carbocycles. The van der Waals surface area contributed by atoms with Crippen molar-refractivity contribution in [3.05, 3.63) is 211 Å². The lowest BCUT2D eigenvalue weighted by Gasteiger charge is -2.28. The summed E-state index contributed by atoms with van der Waals surface area (Å²) in [4.78, 5) is 2.40. The molecule has 264 valence electrons. The number of hydrogen-bond acceptors (Lipinski definition) is 1. The zero-order valence-corrected chi connectivity index (χ0v) is 31.5. The number of hydrogen-bond donors (Lipinski definition) is 0. The van der Waals surface area contributed by atoms with Gasteiger partial charge in [-0.15, -0.1) is 0 Å². The van der Waals surface area contributed by atoms with E-state index >= 15 is 0 Å². The molecule has 0 atom stereocenters. The number of benzene rings is 10. The topological polar surface area (TPSA) is 3.24 Å². The van der Waals surface area contributed by atoms with Crippen LogP contribution in [0.2, 0.25) is 0 Å². The van der Waals surface area contributed by atoms with Gasteiger partial charge in [0, 0.05) is 22.5 Å². The Morgan fingerprint density at radius 3 is 1.54 bits per heavy atom. The first-order valence-corrected chi connectivity index (χ1v) is 19.6. The summed E-state index contributed by atoms with van der Waals surface area (Å²) in [5, 5.41) is 10.3. The van der Waals surface area contributed by atoms with E-state index in [1.165, 1.54) is 87.6 Å². The Morgan fingerprint density at radius 1 is 0.321 bits per heavy atom. The highest BCUT2D eigenvalue weighted by atomic mass is 15.1. The van der Waals surface area contributed by atoms with E-state index < -0.39 is 0 Å². The van der Waals surface area contributed by atoms with Crippen LogP contribution in [0.3, 0.4) is 0 Å². The third-order valence-corrected chi connectivity index (χ3v) is 12.2. The lowest BCUT2D eigenvalue weighted by atomic mass is 9.82. The fourth-order valence-corrected chi connectivity index (χ4v) is 9.35. The smallest absolute Gasteiger partial charge is 0.0465 e. The maximum atomic E-state index is 2.41. The molecule has 0 saturated heterocycles. The Labute approximate surface area is 327 Å². The summed E-state index contributed by atoms with van der Waals surface area (Å²) in [7, 11) is 0. The minimum atomic E-state index is -0.0879. The molecule has 56 heavy (non-hydrogen) atoms. The molecule has 0 N–H and O–H groups in total. The van der Waals surface area contributed by atoms with Crippen LogP contribution in [0.25, 0.3) is 76.5 Å². The van der Waals surface area contributed by atoms with E-state index in [1.54, 1.807) is 0 Å². The molecule has 1 nitrogen and oxygen atoms in total. The highest BCUT2D eigenvalue weighted by Gasteiger charge is 2.35. The van der Waals surface area contributed by atoms with Gasteiger partial charge in [-0.25, -0.2) is 0 Å². The summed E-state index contributed by atoms with van der Waals surface area (Å²) in [6, 6.07) is 73.9. The molecular weight excluding hydrogens is 675 g/mol. The van der Waals surface area contributed by atoms with Crippen LogP contribution >= 0.6 is 0 Å². The molecule has 1 heteroatoms. The van der Waals surface area contributed by atoms with E-state index in [0.717, 1.165) is 17.1 Å². The molecule has 1 aliphatic rings. The zero-order valence-electron chi connectivity index (χ0n) is 31.5. The van der Waals surface area contributed by atoms with Crippen molar-refractivity contribution in [1.29, 1.82) is 0 Å².